The average molecular weight is 248 g/mol. The van der Waals surface area contributed by atoms with Crippen molar-refractivity contribution in [2.45, 2.75) is 12.7 Å². The van der Waals surface area contributed by atoms with Gasteiger partial charge in [0.15, 0.2) is 0 Å². The van der Waals surface area contributed by atoms with Crippen LogP contribution in [0.3, 0.4) is 0 Å². The minimum Gasteiger partial charge on any atom is -0.385 e. The van der Waals surface area contributed by atoms with Crippen molar-refractivity contribution in [1.29, 1.82) is 0 Å². The lowest BCUT2D eigenvalue weighted by atomic mass is 10.1. The van der Waals surface area contributed by atoms with Gasteiger partial charge in [-0.2, -0.15) is 0 Å². The molecule has 0 bridgehead atoms. The number of likely N-dealkylation sites (N-methyl/N-ethyl adjacent to an activating group) is 1. The van der Waals surface area contributed by atoms with Crippen LogP contribution in [-0.4, -0.2) is 32.7 Å². The second-order valence-electron chi connectivity index (χ2n) is 4.44. The number of rotatable bonds is 2. The number of benzene rings is 1. The molecule has 0 aliphatic carbocycles. The molecule has 2 aliphatic rings. The molecule has 1 aromatic carbocycles. The molecule has 5 nitrogen and oxygen atoms in total. The van der Waals surface area contributed by atoms with Crippen LogP contribution >= 0.6 is 0 Å². The average Bonchev–Trinajstić information content (AvgIpc) is 2.94. The van der Waals surface area contributed by atoms with E-state index in [1.165, 1.54) is 0 Å². The fraction of sp³-hybridized carbons (Fsp3) is 0.462. The Morgan fingerprint density at radius 3 is 2.78 bits per heavy atom. The van der Waals surface area contributed by atoms with Gasteiger partial charge < -0.3 is 19.7 Å². The van der Waals surface area contributed by atoms with Gasteiger partial charge >= 0.3 is 0 Å². The van der Waals surface area contributed by atoms with E-state index in [2.05, 4.69) is 5.32 Å². The number of hydrogen-bond acceptors (Lipinski definition) is 4. The van der Waals surface area contributed by atoms with Crippen LogP contribution in [0.1, 0.15) is 12.5 Å². The summed E-state index contributed by atoms with van der Waals surface area (Å²) >= 11 is 0. The first-order chi connectivity index (χ1) is 8.69. The predicted molar refractivity (Wildman–Crippen MR) is 67.6 cm³/mol. The van der Waals surface area contributed by atoms with Gasteiger partial charge in [-0.25, -0.2) is 0 Å². The van der Waals surface area contributed by atoms with E-state index in [1.807, 2.05) is 25.1 Å². The molecule has 1 amide bonds. The number of amides is 1. The number of hydrogen-bond donors (Lipinski definition) is 1. The summed E-state index contributed by atoms with van der Waals surface area (Å²) in [5.74, 6) is -1.36. The van der Waals surface area contributed by atoms with Crippen molar-refractivity contribution < 1.29 is 14.3 Å². The number of carbonyl (C=O) groups is 1. The van der Waals surface area contributed by atoms with E-state index in [4.69, 9.17) is 9.47 Å². The Morgan fingerprint density at radius 2 is 2.11 bits per heavy atom. The SMILES string of the molecule is CCNc1ccc2c(c1)C1(OCCO1)C(=O)N2C. The van der Waals surface area contributed by atoms with Crippen molar-refractivity contribution >= 4 is 17.3 Å². The van der Waals surface area contributed by atoms with E-state index in [-0.39, 0.29) is 5.91 Å². The van der Waals surface area contributed by atoms with Crippen molar-refractivity contribution in [3.63, 3.8) is 0 Å². The first-order valence-corrected chi connectivity index (χ1v) is 6.13. The highest BCUT2D eigenvalue weighted by Crippen LogP contribution is 2.45. The Hall–Kier alpha value is -1.59. The van der Waals surface area contributed by atoms with E-state index in [9.17, 15) is 4.79 Å². The van der Waals surface area contributed by atoms with Gasteiger partial charge in [0.25, 0.3) is 11.7 Å². The van der Waals surface area contributed by atoms with Gasteiger partial charge in [-0.15, -0.1) is 0 Å². The third-order valence-corrected chi connectivity index (χ3v) is 3.37. The van der Waals surface area contributed by atoms with Gasteiger partial charge in [0.2, 0.25) is 0 Å². The maximum atomic E-state index is 12.3. The quantitative estimate of drug-likeness (QED) is 0.857. The van der Waals surface area contributed by atoms with Crippen molar-refractivity contribution in [3.8, 4) is 0 Å². The number of fused-ring (bicyclic) bond motifs is 2. The van der Waals surface area contributed by atoms with Crippen LogP contribution in [0, 0.1) is 0 Å². The molecule has 2 heterocycles. The molecule has 3 rings (SSSR count). The van der Waals surface area contributed by atoms with E-state index in [0.717, 1.165) is 23.5 Å². The van der Waals surface area contributed by atoms with Crippen LogP contribution in [0.4, 0.5) is 11.4 Å². The maximum Gasteiger partial charge on any atom is 0.292 e. The molecule has 5 heteroatoms. The first-order valence-electron chi connectivity index (χ1n) is 6.13. The van der Waals surface area contributed by atoms with E-state index < -0.39 is 5.79 Å². The Kier molecular flexibility index (Phi) is 2.53. The van der Waals surface area contributed by atoms with Crippen LogP contribution in [0.5, 0.6) is 0 Å². The summed E-state index contributed by atoms with van der Waals surface area (Å²) in [4.78, 5) is 13.9. The second-order valence-corrected chi connectivity index (χ2v) is 4.44. The largest absolute Gasteiger partial charge is 0.385 e. The summed E-state index contributed by atoms with van der Waals surface area (Å²) in [6.07, 6.45) is 0. The molecular weight excluding hydrogens is 232 g/mol. The Labute approximate surface area is 106 Å². The van der Waals surface area contributed by atoms with Crippen LogP contribution in [0.25, 0.3) is 0 Å². The molecule has 0 saturated carbocycles. The molecule has 2 aliphatic heterocycles. The van der Waals surface area contributed by atoms with Crippen molar-refractivity contribution in [1.82, 2.24) is 0 Å². The Balaban J connectivity index is 2.11. The molecule has 96 valence electrons. The molecular formula is C13H16N2O3. The number of nitrogens with zero attached hydrogens (tertiary/aromatic N) is 1. The molecule has 18 heavy (non-hydrogen) atoms. The van der Waals surface area contributed by atoms with Gasteiger partial charge in [-0.1, -0.05) is 0 Å². The highest BCUT2D eigenvalue weighted by atomic mass is 16.7. The molecule has 1 aromatic rings. The summed E-state index contributed by atoms with van der Waals surface area (Å²) in [7, 11) is 1.74. The summed E-state index contributed by atoms with van der Waals surface area (Å²) in [5.41, 5.74) is 2.62. The predicted octanol–water partition coefficient (Wildman–Crippen LogP) is 1.29. The molecule has 0 radical (unpaired) electrons. The molecule has 1 fully saturated rings. The summed E-state index contributed by atoms with van der Waals surface area (Å²) in [6, 6.07) is 5.82. The molecule has 0 unspecified atom stereocenters. The minimum absolute atomic E-state index is 0.149. The van der Waals surface area contributed by atoms with E-state index >= 15 is 0 Å². The van der Waals surface area contributed by atoms with Crippen LogP contribution < -0.4 is 10.2 Å². The topological polar surface area (TPSA) is 50.8 Å². The minimum atomic E-state index is -1.21. The van der Waals surface area contributed by atoms with Crippen LogP contribution in [0.15, 0.2) is 18.2 Å². The number of ether oxygens (including phenoxy) is 2. The lowest BCUT2D eigenvalue weighted by Crippen LogP contribution is -2.39. The Morgan fingerprint density at radius 1 is 1.39 bits per heavy atom. The monoisotopic (exact) mass is 248 g/mol. The van der Waals surface area contributed by atoms with Gasteiger partial charge in [-0.3, -0.25) is 4.79 Å². The third-order valence-electron chi connectivity index (χ3n) is 3.37. The van der Waals surface area contributed by atoms with Gasteiger partial charge in [0.05, 0.1) is 18.9 Å². The Bertz CT molecular complexity index is 495. The standard InChI is InChI=1S/C13H16N2O3/c1-3-14-9-4-5-11-10(8-9)13(12(16)15(11)2)17-6-7-18-13/h4-5,8,14H,3,6-7H2,1-2H3. The molecule has 1 spiro atoms. The van der Waals surface area contributed by atoms with Crippen molar-refractivity contribution in [2.75, 3.05) is 37.0 Å². The fourth-order valence-corrected chi connectivity index (χ4v) is 2.54. The van der Waals surface area contributed by atoms with E-state index in [0.29, 0.717) is 13.2 Å². The first kappa shape index (κ1) is 11.5. The zero-order valence-corrected chi connectivity index (χ0v) is 10.5. The molecule has 0 atom stereocenters. The molecule has 1 saturated heterocycles. The zero-order chi connectivity index (χ0) is 12.8. The maximum absolute atomic E-state index is 12.3. The third kappa shape index (κ3) is 1.38. The lowest BCUT2D eigenvalue weighted by Gasteiger charge is -2.20. The van der Waals surface area contributed by atoms with Gasteiger partial charge in [-0.05, 0) is 25.1 Å². The second kappa shape index (κ2) is 3.96. The van der Waals surface area contributed by atoms with Crippen LogP contribution in [-0.2, 0) is 20.1 Å². The van der Waals surface area contributed by atoms with Gasteiger partial charge in [0, 0.05) is 24.8 Å². The fourth-order valence-electron chi connectivity index (χ4n) is 2.54. The highest BCUT2D eigenvalue weighted by molar-refractivity contribution is 6.06. The highest BCUT2D eigenvalue weighted by Gasteiger charge is 2.55. The van der Waals surface area contributed by atoms with Gasteiger partial charge in [0.1, 0.15) is 0 Å². The van der Waals surface area contributed by atoms with Crippen molar-refractivity contribution in [3.05, 3.63) is 23.8 Å². The van der Waals surface area contributed by atoms with Crippen molar-refractivity contribution in [2.24, 2.45) is 0 Å². The lowest BCUT2D eigenvalue weighted by molar-refractivity contribution is -0.180. The summed E-state index contributed by atoms with van der Waals surface area (Å²) < 4.78 is 11.2. The summed E-state index contributed by atoms with van der Waals surface area (Å²) in [5, 5.41) is 3.23. The smallest absolute Gasteiger partial charge is 0.292 e. The molecule has 1 N–H and O–H groups in total. The van der Waals surface area contributed by atoms with E-state index in [1.54, 1.807) is 11.9 Å². The number of anilines is 2. The number of carbonyl (C=O) groups excluding carboxylic acids is 1. The zero-order valence-electron chi connectivity index (χ0n) is 10.5. The number of nitrogens with one attached hydrogen (secondary N) is 1. The van der Waals surface area contributed by atoms with Crippen LogP contribution in [0.2, 0.25) is 0 Å². The molecule has 0 aromatic heterocycles. The summed E-state index contributed by atoms with van der Waals surface area (Å²) in [6.45, 7) is 3.76. The normalized spacial score (nSPS) is 20.6.